The number of ether oxygens (including phenoxy) is 1. The Labute approximate surface area is 185 Å². The number of aryl methyl sites for hydroxylation is 2. The fourth-order valence-electron chi connectivity index (χ4n) is 3.84. The first-order valence-corrected chi connectivity index (χ1v) is 11.1. The Morgan fingerprint density at radius 2 is 1.90 bits per heavy atom. The second-order valence-corrected chi connectivity index (χ2v) is 8.63. The summed E-state index contributed by atoms with van der Waals surface area (Å²) >= 11 is 1.52. The predicted octanol–water partition coefficient (Wildman–Crippen LogP) is 4.72. The number of benzene rings is 2. The zero-order chi connectivity index (χ0) is 22.0. The summed E-state index contributed by atoms with van der Waals surface area (Å²) in [6.45, 7) is 5.48. The van der Waals surface area contributed by atoms with E-state index in [9.17, 15) is 9.59 Å². The minimum atomic E-state index is -0.504. The molecule has 160 valence electrons. The maximum absolute atomic E-state index is 12.8. The first kappa shape index (κ1) is 21.2. The third-order valence-electron chi connectivity index (χ3n) is 5.46. The molecule has 1 aliphatic rings. The molecular formula is C24H24N2O4S. The highest BCUT2D eigenvalue weighted by Crippen LogP contribution is 2.32. The summed E-state index contributed by atoms with van der Waals surface area (Å²) in [5.74, 6) is 0.685. The van der Waals surface area contributed by atoms with Gasteiger partial charge in [-0.1, -0.05) is 35.5 Å². The van der Waals surface area contributed by atoms with Crippen molar-refractivity contribution in [2.45, 2.75) is 43.9 Å². The monoisotopic (exact) mass is 436 g/mol. The number of fused-ring (bicyclic) bond motifs is 1. The van der Waals surface area contributed by atoms with Crippen molar-refractivity contribution in [1.29, 1.82) is 0 Å². The van der Waals surface area contributed by atoms with Crippen LogP contribution in [0.5, 0.6) is 0 Å². The largest absolute Gasteiger partial charge is 0.452 e. The van der Waals surface area contributed by atoms with Gasteiger partial charge in [-0.3, -0.25) is 4.79 Å². The van der Waals surface area contributed by atoms with Crippen molar-refractivity contribution in [3.8, 4) is 0 Å². The van der Waals surface area contributed by atoms with Gasteiger partial charge in [-0.05, 0) is 51.0 Å². The molecule has 0 aliphatic carbocycles. The number of nitrogens with zero attached hydrogens (tertiary/aromatic N) is 2. The number of hydrogen-bond donors (Lipinski definition) is 0. The number of amides is 1. The first-order chi connectivity index (χ1) is 15.0. The number of rotatable bonds is 6. The van der Waals surface area contributed by atoms with Crippen molar-refractivity contribution in [3.05, 3.63) is 76.7 Å². The number of carbonyl (C=O) groups is 2. The van der Waals surface area contributed by atoms with E-state index in [0.717, 1.165) is 39.6 Å². The summed E-state index contributed by atoms with van der Waals surface area (Å²) < 4.78 is 10.6. The van der Waals surface area contributed by atoms with Crippen LogP contribution in [0.4, 0.5) is 5.69 Å². The van der Waals surface area contributed by atoms with E-state index in [0.29, 0.717) is 11.3 Å². The number of thioether (sulfide) groups is 1. The molecule has 3 aromatic rings. The maximum Gasteiger partial charge on any atom is 0.339 e. The molecule has 1 aromatic heterocycles. The maximum atomic E-state index is 12.8. The van der Waals surface area contributed by atoms with Crippen molar-refractivity contribution >= 4 is 29.3 Å². The number of hydrogen-bond acceptors (Lipinski definition) is 6. The highest BCUT2D eigenvalue weighted by molar-refractivity contribution is 7.98. The molecule has 4 rings (SSSR count). The molecule has 0 bridgehead atoms. The molecule has 7 heteroatoms. The van der Waals surface area contributed by atoms with Crippen molar-refractivity contribution < 1.29 is 18.8 Å². The summed E-state index contributed by atoms with van der Waals surface area (Å²) in [5, 5.41) is 3.97. The van der Waals surface area contributed by atoms with E-state index >= 15 is 0 Å². The van der Waals surface area contributed by atoms with E-state index in [4.69, 9.17) is 9.26 Å². The molecule has 2 aromatic carbocycles. The Bertz CT molecular complexity index is 1100. The summed E-state index contributed by atoms with van der Waals surface area (Å²) in [6.07, 6.45) is 0.803. The van der Waals surface area contributed by atoms with Crippen molar-refractivity contribution in [2.75, 3.05) is 11.5 Å². The number of carbonyl (C=O) groups excluding carboxylic acids is 2. The molecule has 6 nitrogen and oxygen atoms in total. The SMILES string of the molecule is Cc1noc(C)c1CSc1ccccc1C(=O)OCC(=O)N1c2ccccc2CC1C. The van der Waals surface area contributed by atoms with Gasteiger partial charge in [-0.25, -0.2) is 4.79 Å². The standard InChI is InChI=1S/C24H24N2O4S/c1-15-12-18-8-4-6-10-21(18)26(15)23(27)13-29-24(28)19-9-5-7-11-22(19)31-14-20-16(2)25-30-17(20)3/h4-11,15H,12-14H2,1-3H3. The lowest BCUT2D eigenvalue weighted by atomic mass is 10.1. The van der Waals surface area contributed by atoms with Crippen LogP contribution in [0.25, 0.3) is 0 Å². The summed E-state index contributed by atoms with van der Waals surface area (Å²) in [7, 11) is 0. The van der Waals surface area contributed by atoms with E-state index in [1.807, 2.05) is 57.2 Å². The van der Waals surface area contributed by atoms with Gasteiger partial charge in [0, 0.05) is 27.9 Å². The van der Waals surface area contributed by atoms with Crippen LogP contribution in [0.3, 0.4) is 0 Å². The van der Waals surface area contributed by atoms with Gasteiger partial charge in [0.15, 0.2) is 6.61 Å². The molecule has 0 radical (unpaired) electrons. The van der Waals surface area contributed by atoms with Crippen molar-refractivity contribution in [2.24, 2.45) is 0 Å². The fourth-order valence-corrected chi connectivity index (χ4v) is 5.03. The Morgan fingerprint density at radius 3 is 2.68 bits per heavy atom. The smallest absolute Gasteiger partial charge is 0.339 e. The number of para-hydroxylation sites is 1. The van der Waals surface area contributed by atoms with E-state index < -0.39 is 5.97 Å². The third kappa shape index (κ3) is 4.37. The molecule has 0 fully saturated rings. The van der Waals surface area contributed by atoms with E-state index in [1.165, 1.54) is 11.8 Å². The predicted molar refractivity (Wildman–Crippen MR) is 119 cm³/mol. The van der Waals surface area contributed by atoms with Gasteiger partial charge < -0.3 is 14.2 Å². The molecule has 31 heavy (non-hydrogen) atoms. The van der Waals surface area contributed by atoms with Crippen LogP contribution in [-0.2, 0) is 21.7 Å². The molecule has 0 saturated carbocycles. The number of esters is 1. The second-order valence-electron chi connectivity index (χ2n) is 7.61. The minimum absolute atomic E-state index is 0.0430. The van der Waals surface area contributed by atoms with Gasteiger partial charge in [0.25, 0.3) is 5.91 Å². The van der Waals surface area contributed by atoms with E-state index in [2.05, 4.69) is 5.16 Å². The summed E-state index contributed by atoms with van der Waals surface area (Å²) in [6, 6.07) is 15.1. The van der Waals surface area contributed by atoms with Gasteiger partial charge >= 0.3 is 5.97 Å². The highest BCUT2D eigenvalue weighted by Gasteiger charge is 2.31. The molecule has 2 heterocycles. The van der Waals surface area contributed by atoms with Crippen LogP contribution in [-0.4, -0.2) is 29.7 Å². The Balaban J connectivity index is 1.42. The average Bonchev–Trinajstić information content (AvgIpc) is 3.28. The van der Waals surface area contributed by atoms with Gasteiger partial charge in [-0.15, -0.1) is 11.8 Å². The van der Waals surface area contributed by atoms with Crippen LogP contribution in [0.1, 0.15) is 39.9 Å². The van der Waals surface area contributed by atoms with Crippen molar-refractivity contribution in [3.63, 3.8) is 0 Å². The average molecular weight is 437 g/mol. The van der Waals surface area contributed by atoms with Crippen molar-refractivity contribution in [1.82, 2.24) is 5.16 Å². The van der Waals surface area contributed by atoms with Gasteiger partial charge in [0.1, 0.15) is 5.76 Å². The van der Waals surface area contributed by atoms with Crippen LogP contribution in [0.15, 0.2) is 57.9 Å². The summed E-state index contributed by atoms with van der Waals surface area (Å²) in [5.41, 5.74) is 4.34. The zero-order valence-corrected chi connectivity index (χ0v) is 18.6. The Morgan fingerprint density at radius 1 is 1.16 bits per heavy atom. The molecule has 0 spiro atoms. The molecule has 1 aliphatic heterocycles. The topological polar surface area (TPSA) is 72.6 Å². The lowest BCUT2D eigenvalue weighted by Crippen LogP contribution is -2.38. The second kappa shape index (κ2) is 8.98. The normalized spacial score (nSPS) is 15.1. The first-order valence-electron chi connectivity index (χ1n) is 10.2. The van der Waals surface area contributed by atoms with Crippen LogP contribution < -0.4 is 4.90 Å². The van der Waals surface area contributed by atoms with Gasteiger partial charge in [0.05, 0.1) is 11.3 Å². The Kier molecular flexibility index (Phi) is 6.13. The number of aromatic nitrogens is 1. The summed E-state index contributed by atoms with van der Waals surface area (Å²) in [4.78, 5) is 28.1. The lowest BCUT2D eigenvalue weighted by Gasteiger charge is -2.22. The van der Waals surface area contributed by atoms with E-state index in [1.54, 1.807) is 17.0 Å². The molecule has 1 unspecified atom stereocenters. The van der Waals surface area contributed by atoms with Crippen LogP contribution in [0.2, 0.25) is 0 Å². The van der Waals surface area contributed by atoms with Crippen LogP contribution in [0, 0.1) is 13.8 Å². The fraction of sp³-hybridized carbons (Fsp3) is 0.292. The molecule has 1 amide bonds. The van der Waals surface area contributed by atoms with E-state index in [-0.39, 0.29) is 18.6 Å². The van der Waals surface area contributed by atoms with Gasteiger partial charge in [0.2, 0.25) is 0 Å². The number of anilines is 1. The quantitative estimate of drug-likeness (QED) is 0.411. The molecule has 0 saturated heterocycles. The zero-order valence-electron chi connectivity index (χ0n) is 17.8. The molecular weight excluding hydrogens is 412 g/mol. The van der Waals surface area contributed by atoms with Crippen LogP contribution >= 0.6 is 11.8 Å². The molecule has 1 atom stereocenters. The lowest BCUT2D eigenvalue weighted by molar-refractivity contribution is -0.122. The molecule has 0 N–H and O–H groups in total. The van der Waals surface area contributed by atoms with Gasteiger partial charge in [-0.2, -0.15) is 0 Å². The minimum Gasteiger partial charge on any atom is -0.452 e. The Hall–Kier alpha value is -3.06. The third-order valence-corrected chi connectivity index (χ3v) is 6.56. The highest BCUT2D eigenvalue weighted by atomic mass is 32.2.